The van der Waals surface area contributed by atoms with Crippen LogP contribution in [0, 0.1) is 0 Å². The van der Waals surface area contributed by atoms with E-state index in [1.165, 1.54) is 25.7 Å². The molecule has 1 atom stereocenters. The van der Waals surface area contributed by atoms with Gasteiger partial charge in [0.25, 0.3) is 0 Å². The second-order valence-electron chi connectivity index (χ2n) is 6.94. The number of ether oxygens (including phenoxy) is 1. The topological polar surface area (TPSA) is 44.8 Å². The predicted molar refractivity (Wildman–Crippen MR) is 84.3 cm³/mol. The van der Waals surface area contributed by atoms with Crippen LogP contribution in [-0.2, 0) is 9.53 Å². The minimum absolute atomic E-state index is 0.105. The van der Waals surface area contributed by atoms with Crippen molar-refractivity contribution in [3.63, 3.8) is 0 Å². The molecule has 2 aliphatic rings. The summed E-state index contributed by atoms with van der Waals surface area (Å²) in [6, 6.07) is 1.17. The molecule has 0 bridgehead atoms. The van der Waals surface area contributed by atoms with Gasteiger partial charge in [0, 0.05) is 18.6 Å². The van der Waals surface area contributed by atoms with Gasteiger partial charge in [0.05, 0.1) is 6.61 Å². The molecule has 21 heavy (non-hydrogen) atoms. The Hall–Kier alpha value is -0.650. The molecule has 2 rings (SSSR count). The van der Waals surface area contributed by atoms with Crippen molar-refractivity contribution in [3.8, 4) is 0 Å². The maximum absolute atomic E-state index is 12.4. The molecule has 0 aromatic carbocycles. The summed E-state index contributed by atoms with van der Waals surface area (Å²) in [7, 11) is 4.30. The van der Waals surface area contributed by atoms with E-state index in [0.717, 1.165) is 19.6 Å². The van der Waals surface area contributed by atoms with Crippen LogP contribution in [0.15, 0.2) is 0 Å². The minimum atomic E-state index is -0.567. The van der Waals surface area contributed by atoms with Crippen LogP contribution in [-0.4, -0.2) is 73.7 Å². The number of hydrogen-bond acceptors (Lipinski definition) is 5. The van der Waals surface area contributed by atoms with Gasteiger partial charge in [0.15, 0.2) is 0 Å². The number of esters is 1. The van der Waals surface area contributed by atoms with Gasteiger partial charge in [-0.1, -0.05) is 0 Å². The number of hydrogen-bond donors (Lipinski definition) is 1. The van der Waals surface area contributed by atoms with E-state index in [1.54, 1.807) is 0 Å². The molecular formula is C16H31N3O2. The molecule has 1 saturated heterocycles. The highest BCUT2D eigenvalue weighted by atomic mass is 16.5. The molecule has 1 aliphatic heterocycles. The Bertz CT molecular complexity index is 349. The minimum Gasteiger partial charge on any atom is -0.465 e. The zero-order chi connectivity index (χ0) is 15.5. The van der Waals surface area contributed by atoms with E-state index in [4.69, 9.17) is 4.74 Å². The summed E-state index contributed by atoms with van der Waals surface area (Å²) >= 11 is 0. The molecule has 0 aromatic heterocycles. The van der Waals surface area contributed by atoms with Gasteiger partial charge in [-0.3, -0.25) is 10.1 Å². The number of carbonyl (C=O) groups is 1. The molecule has 5 nitrogen and oxygen atoms in total. The first-order valence-electron chi connectivity index (χ1n) is 8.28. The van der Waals surface area contributed by atoms with Crippen molar-refractivity contribution < 1.29 is 9.53 Å². The Morgan fingerprint density at radius 3 is 2.38 bits per heavy atom. The van der Waals surface area contributed by atoms with E-state index in [2.05, 4.69) is 29.2 Å². The van der Waals surface area contributed by atoms with Crippen molar-refractivity contribution in [1.29, 1.82) is 0 Å². The lowest BCUT2D eigenvalue weighted by Gasteiger charge is -2.39. The van der Waals surface area contributed by atoms with Crippen molar-refractivity contribution in [1.82, 2.24) is 15.1 Å². The Morgan fingerprint density at radius 2 is 1.90 bits per heavy atom. The summed E-state index contributed by atoms with van der Waals surface area (Å²) in [4.78, 5) is 17.1. The molecule has 0 amide bonds. The van der Waals surface area contributed by atoms with E-state index in [-0.39, 0.29) is 5.97 Å². The Morgan fingerprint density at radius 1 is 1.29 bits per heavy atom. The first-order valence-corrected chi connectivity index (χ1v) is 8.28. The molecule has 0 radical (unpaired) electrons. The van der Waals surface area contributed by atoms with Crippen LogP contribution >= 0.6 is 0 Å². The molecule has 122 valence electrons. The van der Waals surface area contributed by atoms with Crippen LogP contribution in [0.2, 0.25) is 0 Å². The van der Waals surface area contributed by atoms with Crippen molar-refractivity contribution >= 4 is 5.97 Å². The van der Waals surface area contributed by atoms with E-state index >= 15 is 0 Å². The maximum atomic E-state index is 12.4. The van der Waals surface area contributed by atoms with Crippen LogP contribution in [0.5, 0.6) is 0 Å². The first kappa shape index (κ1) is 16.7. The summed E-state index contributed by atoms with van der Waals surface area (Å²) in [5.41, 5.74) is -0.567. The Balaban J connectivity index is 1.91. The standard InChI is InChI=1S/C16H31N3O2/c1-5-21-15(20)16(2,17-13-6-7-13)12-19-10-8-14(9-11-19)18(3)4/h13-14,17H,5-12H2,1-4H3. The lowest BCUT2D eigenvalue weighted by atomic mass is 9.98. The van der Waals surface area contributed by atoms with Crippen LogP contribution in [0.3, 0.4) is 0 Å². The predicted octanol–water partition coefficient (Wildman–Crippen LogP) is 1.09. The number of carbonyl (C=O) groups excluding carboxylic acids is 1. The van der Waals surface area contributed by atoms with Crippen LogP contribution in [0.25, 0.3) is 0 Å². The van der Waals surface area contributed by atoms with Crippen LogP contribution in [0.4, 0.5) is 0 Å². The third-order valence-corrected chi connectivity index (χ3v) is 4.65. The van der Waals surface area contributed by atoms with E-state index in [9.17, 15) is 4.79 Å². The third kappa shape index (κ3) is 4.66. The molecular weight excluding hydrogens is 266 g/mol. The third-order valence-electron chi connectivity index (χ3n) is 4.65. The second kappa shape index (κ2) is 7.07. The quantitative estimate of drug-likeness (QED) is 0.713. The fourth-order valence-electron chi connectivity index (χ4n) is 3.18. The van der Waals surface area contributed by atoms with Gasteiger partial charge >= 0.3 is 5.97 Å². The maximum Gasteiger partial charge on any atom is 0.327 e. The number of rotatable bonds is 7. The molecule has 5 heteroatoms. The number of nitrogens with zero attached hydrogens (tertiary/aromatic N) is 2. The number of likely N-dealkylation sites (tertiary alicyclic amines) is 1. The highest BCUT2D eigenvalue weighted by Gasteiger charge is 2.41. The Kier molecular flexibility index (Phi) is 5.63. The van der Waals surface area contributed by atoms with Gasteiger partial charge in [0.1, 0.15) is 5.54 Å². The lowest BCUT2D eigenvalue weighted by molar-refractivity contribution is -0.151. The molecule has 1 heterocycles. The van der Waals surface area contributed by atoms with E-state index in [0.29, 0.717) is 18.7 Å². The smallest absolute Gasteiger partial charge is 0.327 e. The average Bonchev–Trinajstić information content (AvgIpc) is 3.23. The van der Waals surface area contributed by atoms with Crippen molar-refractivity contribution in [2.75, 3.05) is 40.3 Å². The SMILES string of the molecule is CCOC(=O)C(C)(CN1CCC(N(C)C)CC1)NC1CC1. The Labute approximate surface area is 129 Å². The van der Waals surface area contributed by atoms with E-state index < -0.39 is 5.54 Å². The normalized spacial score (nSPS) is 24.0. The molecule has 0 spiro atoms. The fraction of sp³-hybridized carbons (Fsp3) is 0.938. The first-order chi connectivity index (χ1) is 9.94. The van der Waals surface area contributed by atoms with Gasteiger partial charge < -0.3 is 14.5 Å². The number of piperidine rings is 1. The zero-order valence-corrected chi connectivity index (χ0v) is 14.0. The van der Waals surface area contributed by atoms with Crippen LogP contribution in [0.1, 0.15) is 39.5 Å². The van der Waals surface area contributed by atoms with Gasteiger partial charge in [-0.2, -0.15) is 0 Å². The summed E-state index contributed by atoms with van der Waals surface area (Å²) in [6.45, 7) is 7.19. The highest BCUT2D eigenvalue weighted by molar-refractivity contribution is 5.80. The summed E-state index contributed by atoms with van der Waals surface area (Å²) < 4.78 is 5.30. The van der Waals surface area contributed by atoms with Gasteiger partial charge in [-0.15, -0.1) is 0 Å². The second-order valence-corrected chi connectivity index (χ2v) is 6.94. The molecule has 1 saturated carbocycles. The van der Waals surface area contributed by atoms with Gasteiger partial charge in [-0.25, -0.2) is 0 Å². The number of nitrogens with one attached hydrogen (secondary N) is 1. The van der Waals surface area contributed by atoms with Gasteiger partial charge in [-0.05, 0) is 66.7 Å². The molecule has 1 N–H and O–H groups in total. The zero-order valence-electron chi connectivity index (χ0n) is 14.0. The molecule has 1 unspecified atom stereocenters. The van der Waals surface area contributed by atoms with Crippen molar-refractivity contribution in [2.45, 2.75) is 57.2 Å². The lowest BCUT2D eigenvalue weighted by Crippen LogP contribution is -2.59. The highest BCUT2D eigenvalue weighted by Crippen LogP contribution is 2.25. The van der Waals surface area contributed by atoms with Crippen molar-refractivity contribution in [3.05, 3.63) is 0 Å². The molecule has 0 aromatic rings. The largest absolute Gasteiger partial charge is 0.465 e. The average molecular weight is 297 g/mol. The fourth-order valence-corrected chi connectivity index (χ4v) is 3.18. The summed E-state index contributed by atoms with van der Waals surface area (Å²) in [6.07, 6.45) is 4.71. The van der Waals surface area contributed by atoms with Crippen molar-refractivity contribution in [2.24, 2.45) is 0 Å². The molecule has 1 aliphatic carbocycles. The molecule has 2 fully saturated rings. The van der Waals surface area contributed by atoms with Gasteiger partial charge in [0.2, 0.25) is 0 Å². The summed E-state index contributed by atoms with van der Waals surface area (Å²) in [5.74, 6) is -0.105. The summed E-state index contributed by atoms with van der Waals surface area (Å²) in [5, 5.41) is 3.51. The van der Waals surface area contributed by atoms with E-state index in [1.807, 2.05) is 13.8 Å². The van der Waals surface area contributed by atoms with Crippen LogP contribution < -0.4 is 5.32 Å². The monoisotopic (exact) mass is 297 g/mol.